The normalized spacial score (nSPS) is 24.1. The first kappa shape index (κ1) is 39.0. The third-order valence-electron chi connectivity index (χ3n) is 12.9. The maximum atomic E-state index is 15.0. The summed E-state index contributed by atoms with van der Waals surface area (Å²) in [6, 6.07) is 14.3. The fourth-order valence-corrected chi connectivity index (χ4v) is 11.9. The largest absolute Gasteiger partial charge is 0.453 e. The molecule has 2 amide bonds. The van der Waals surface area contributed by atoms with Crippen molar-refractivity contribution in [3.63, 3.8) is 0 Å². The highest BCUT2D eigenvalue weighted by Crippen LogP contribution is 2.52. The van der Waals surface area contributed by atoms with E-state index in [4.69, 9.17) is 4.74 Å². The zero-order valence-corrected chi connectivity index (χ0v) is 32.7. The molecule has 1 saturated carbocycles. The zero-order valence-electron chi connectivity index (χ0n) is 31.9. The summed E-state index contributed by atoms with van der Waals surface area (Å²) in [6.07, 6.45) is 13.2. The van der Waals surface area contributed by atoms with Gasteiger partial charge < -0.3 is 29.3 Å². The van der Waals surface area contributed by atoms with Crippen molar-refractivity contribution in [1.29, 1.82) is 0 Å². The fourth-order valence-electron chi connectivity index (χ4n) is 10.1. The number of likely N-dealkylation sites (tertiary alicyclic amines) is 2. The van der Waals surface area contributed by atoms with Gasteiger partial charge >= 0.3 is 6.09 Å². The van der Waals surface area contributed by atoms with Crippen LogP contribution in [0, 0.1) is 23.6 Å². The van der Waals surface area contributed by atoms with Crippen molar-refractivity contribution in [3.05, 3.63) is 91.3 Å². The minimum Gasteiger partial charge on any atom is -0.453 e. The molecule has 1 aliphatic carbocycles. The number of ether oxygens (including phenoxy) is 1. The number of amides is 2. The average Bonchev–Trinajstić information content (AvgIpc) is 3.81. The van der Waals surface area contributed by atoms with Gasteiger partial charge in [-0.25, -0.2) is 22.6 Å². The number of nitrogens with one attached hydrogen (secondary N) is 1. The van der Waals surface area contributed by atoms with Gasteiger partial charge in [0.15, 0.2) is 9.84 Å². The van der Waals surface area contributed by atoms with Crippen LogP contribution in [0.3, 0.4) is 0 Å². The number of imidazole rings is 1. The topological polar surface area (TPSA) is 117 Å². The van der Waals surface area contributed by atoms with Crippen LogP contribution in [0.5, 0.6) is 0 Å². The molecule has 4 aliphatic rings. The van der Waals surface area contributed by atoms with Crippen LogP contribution in [-0.2, 0) is 31.3 Å². The maximum absolute atomic E-state index is 15.0. The summed E-state index contributed by atoms with van der Waals surface area (Å²) in [4.78, 5) is 35.9. The number of rotatable bonds is 12. The van der Waals surface area contributed by atoms with Gasteiger partial charge in [-0.15, -0.1) is 0 Å². The molecule has 0 spiro atoms. The summed E-state index contributed by atoms with van der Waals surface area (Å²) in [5, 5.41) is 2.53. The SMILES string of the molecule is C=CC(=O)N1CCCC[C@H](S(=O)(=O)c2ccc(N3CC(CN4CCC([C@@](Cn5ccnc5)(c5cccc(F)c5)[C@H]5CCC[C@@H]5NC(=O)OC)CC4)C3)cc2)C1. The van der Waals surface area contributed by atoms with E-state index >= 15 is 4.39 Å². The van der Waals surface area contributed by atoms with Gasteiger partial charge in [0.25, 0.3) is 0 Å². The first-order valence-electron chi connectivity index (χ1n) is 19.9. The highest BCUT2D eigenvalue weighted by atomic mass is 32.2. The number of hydrogen-bond donors (Lipinski definition) is 1. The molecule has 4 atom stereocenters. The molecule has 11 nitrogen and oxygen atoms in total. The van der Waals surface area contributed by atoms with E-state index in [2.05, 4.69) is 37.3 Å². The summed E-state index contributed by atoms with van der Waals surface area (Å²) in [5.74, 6) is 0.385. The number of nitrogens with zero attached hydrogens (tertiary/aromatic N) is 5. The lowest BCUT2D eigenvalue weighted by atomic mass is 9.58. The molecular formula is C42H55FN6O5S. The number of carbonyl (C=O) groups is 2. The Hall–Kier alpha value is -4.23. The molecule has 3 aliphatic heterocycles. The number of carbonyl (C=O) groups excluding carboxylic acids is 2. The number of sulfone groups is 1. The highest BCUT2D eigenvalue weighted by molar-refractivity contribution is 7.92. The minimum atomic E-state index is -3.59. The lowest BCUT2D eigenvalue weighted by Crippen LogP contribution is -2.56. The van der Waals surface area contributed by atoms with Crippen molar-refractivity contribution in [2.45, 2.75) is 79.5 Å². The van der Waals surface area contributed by atoms with E-state index in [9.17, 15) is 18.0 Å². The zero-order chi connectivity index (χ0) is 38.6. The molecule has 4 fully saturated rings. The third kappa shape index (κ3) is 8.33. The van der Waals surface area contributed by atoms with Crippen LogP contribution >= 0.6 is 0 Å². The van der Waals surface area contributed by atoms with Crippen LogP contribution in [-0.4, -0.2) is 104 Å². The summed E-state index contributed by atoms with van der Waals surface area (Å²) in [6.45, 7) is 9.66. The molecule has 1 aromatic heterocycles. The summed E-state index contributed by atoms with van der Waals surface area (Å²) < 4.78 is 49.4. The Bertz CT molecular complexity index is 1890. The predicted molar refractivity (Wildman–Crippen MR) is 210 cm³/mol. The van der Waals surface area contributed by atoms with E-state index in [0.29, 0.717) is 30.3 Å². The first-order chi connectivity index (χ1) is 26.6. The molecule has 2 aromatic carbocycles. The second-order valence-electron chi connectivity index (χ2n) is 16.1. The molecule has 7 rings (SSSR count). The molecule has 55 heavy (non-hydrogen) atoms. The van der Waals surface area contributed by atoms with Crippen LogP contribution in [0.4, 0.5) is 14.9 Å². The van der Waals surface area contributed by atoms with Crippen LogP contribution in [0.15, 0.2) is 84.8 Å². The van der Waals surface area contributed by atoms with E-state index in [0.717, 1.165) is 88.9 Å². The molecule has 13 heteroatoms. The van der Waals surface area contributed by atoms with Crippen molar-refractivity contribution >= 4 is 27.5 Å². The number of methoxy groups -OCH3 is 1. The Kier molecular flexibility index (Phi) is 12.0. The van der Waals surface area contributed by atoms with Gasteiger partial charge in [0.1, 0.15) is 5.82 Å². The lowest BCUT2D eigenvalue weighted by molar-refractivity contribution is -0.125. The van der Waals surface area contributed by atoms with Gasteiger partial charge in [-0.2, -0.15) is 0 Å². The van der Waals surface area contributed by atoms with Gasteiger partial charge in [-0.3, -0.25) is 4.79 Å². The first-order valence-corrected chi connectivity index (χ1v) is 21.4. The van der Waals surface area contributed by atoms with Gasteiger partial charge in [0, 0.05) is 74.7 Å². The number of halogens is 1. The van der Waals surface area contributed by atoms with Crippen LogP contribution in [0.25, 0.3) is 0 Å². The second-order valence-corrected chi connectivity index (χ2v) is 18.3. The van der Waals surface area contributed by atoms with Crippen LogP contribution in [0.1, 0.15) is 56.9 Å². The van der Waals surface area contributed by atoms with Crippen molar-refractivity contribution in [1.82, 2.24) is 24.7 Å². The molecule has 296 valence electrons. The van der Waals surface area contributed by atoms with Crippen molar-refractivity contribution in [2.24, 2.45) is 17.8 Å². The predicted octanol–water partition coefficient (Wildman–Crippen LogP) is 5.67. The van der Waals surface area contributed by atoms with Crippen molar-refractivity contribution in [2.75, 3.05) is 57.8 Å². The molecular weight excluding hydrogens is 720 g/mol. The van der Waals surface area contributed by atoms with Gasteiger partial charge in [-0.1, -0.05) is 31.6 Å². The van der Waals surface area contributed by atoms with Crippen LogP contribution < -0.4 is 10.2 Å². The van der Waals surface area contributed by atoms with E-state index in [-0.39, 0.29) is 36.1 Å². The number of benzene rings is 2. The minimum absolute atomic E-state index is 0.0809. The Morgan fingerprint density at radius 1 is 1.00 bits per heavy atom. The smallest absolute Gasteiger partial charge is 0.407 e. The molecule has 0 radical (unpaired) electrons. The summed E-state index contributed by atoms with van der Waals surface area (Å²) in [7, 11) is -2.19. The Balaban J connectivity index is 0.998. The Morgan fingerprint density at radius 2 is 1.78 bits per heavy atom. The lowest BCUT2D eigenvalue weighted by Gasteiger charge is -2.51. The Labute approximate surface area is 324 Å². The third-order valence-corrected chi connectivity index (χ3v) is 15.1. The van der Waals surface area contributed by atoms with E-state index < -0.39 is 26.6 Å². The summed E-state index contributed by atoms with van der Waals surface area (Å²) >= 11 is 0. The maximum Gasteiger partial charge on any atom is 0.407 e. The average molecular weight is 775 g/mol. The quantitative estimate of drug-likeness (QED) is 0.234. The molecule has 4 heterocycles. The van der Waals surface area contributed by atoms with E-state index in [1.165, 1.54) is 19.3 Å². The second kappa shape index (κ2) is 16.9. The van der Waals surface area contributed by atoms with E-state index in [1.54, 1.807) is 29.3 Å². The highest BCUT2D eigenvalue weighted by Gasteiger charge is 2.52. The number of hydrogen-bond acceptors (Lipinski definition) is 8. The molecule has 0 unspecified atom stereocenters. The fraction of sp³-hybridized carbons (Fsp3) is 0.548. The number of aromatic nitrogens is 2. The van der Waals surface area contributed by atoms with Crippen LogP contribution in [0.2, 0.25) is 0 Å². The van der Waals surface area contributed by atoms with Crippen molar-refractivity contribution in [3.8, 4) is 0 Å². The molecule has 0 bridgehead atoms. The molecule has 3 saturated heterocycles. The standard InChI is InChI=1S/C42H55FN6O5S/c1-3-40(50)48-20-5-4-10-37(28-48)55(52,53)36-15-13-35(14-16-36)49-26-31(27-49)25-46-21-17-32(18-22-46)42(29-47-23-19-44-30-47,33-8-6-9-34(43)24-33)38-11-7-12-39(38)45-41(51)54-2/h3,6,8-9,13-16,19,23-24,30-32,37-39H,1,4-5,7,10-12,17-18,20-22,25-29H2,2H3,(H,45,51)/t37-,38-,39-,42-/m0/s1. The number of alkyl carbamates (subject to hydrolysis) is 1. The van der Waals surface area contributed by atoms with Gasteiger partial charge in [0.05, 0.1) is 23.6 Å². The van der Waals surface area contributed by atoms with Gasteiger partial charge in [-0.05, 0) is 111 Å². The monoisotopic (exact) mass is 774 g/mol. The molecule has 1 N–H and O–H groups in total. The number of anilines is 1. The Morgan fingerprint density at radius 3 is 2.47 bits per heavy atom. The molecule has 3 aromatic rings. The van der Waals surface area contributed by atoms with Gasteiger partial charge in [0.2, 0.25) is 5.91 Å². The van der Waals surface area contributed by atoms with E-state index in [1.807, 2.05) is 30.7 Å². The number of piperidine rings is 1. The van der Waals surface area contributed by atoms with Crippen molar-refractivity contribution < 1.29 is 27.1 Å². The summed E-state index contributed by atoms with van der Waals surface area (Å²) in [5.41, 5.74) is 1.57.